The summed E-state index contributed by atoms with van der Waals surface area (Å²) in [6, 6.07) is 7.84. The molecule has 1 atom stereocenters. The van der Waals surface area contributed by atoms with Crippen molar-refractivity contribution in [1.82, 2.24) is 0 Å². The fourth-order valence-corrected chi connectivity index (χ4v) is 2.45. The second-order valence-corrected chi connectivity index (χ2v) is 4.95. The zero-order valence-corrected chi connectivity index (χ0v) is 11.3. The lowest BCUT2D eigenvalue weighted by Gasteiger charge is -2.12. The number of thiol groups is 2. The van der Waals surface area contributed by atoms with E-state index >= 15 is 0 Å². The summed E-state index contributed by atoms with van der Waals surface area (Å²) in [7, 11) is 1.65. The highest BCUT2D eigenvalue weighted by atomic mass is 32.1. The zero-order valence-electron chi connectivity index (χ0n) is 8.68. The summed E-state index contributed by atoms with van der Waals surface area (Å²) in [6.45, 7) is 0. The molecule has 1 aromatic rings. The van der Waals surface area contributed by atoms with Crippen molar-refractivity contribution < 1.29 is 4.74 Å². The minimum atomic E-state index is -0.0459. The first-order chi connectivity index (χ1) is 7.63. The monoisotopic (exact) mass is 267 g/mol. The van der Waals surface area contributed by atoms with Gasteiger partial charge in [0.15, 0.2) is 0 Å². The van der Waals surface area contributed by atoms with Crippen molar-refractivity contribution >= 4 is 47.9 Å². The summed E-state index contributed by atoms with van der Waals surface area (Å²) in [5.41, 5.74) is 2.14. The van der Waals surface area contributed by atoms with Gasteiger partial charge in [-0.05, 0) is 29.3 Å². The molecular formula is C12H11OS3. The summed E-state index contributed by atoms with van der Waals surface area (Å²) < 4.78 is 5.11. The van der Waals surface area contributed by atoms with Crippen LogP contribution < -0.4 is 4.74 Å². The quantitative estimate of drug-likeness (QED) is 0.629. The van der Waals surface area contributed by atoms with Gasteiger partial charge in [-0.1, -0.05) is 24.4 Å². The molecule has 0 spiro atoms. The molecule has 0 saturated carbocycles. The van der Waals surface area contributed by atoms with Crippen LogP contribution in [0, 0.1) is 5.25 Å². The Morgan fingerprint density at radius 2 is 1.88 bits per heavy atom. The first-order valence-corrected chi connectivity index (χ1v) is 6.15. The summed E-state index contributed by atoms with van der Waals surface area (Å²) in [5.74, 6) is 0.841. The Morgan fingerprint density at radius 3 is 2.31 bits per heavy atom. The normalized spacial score (nSPS) is 21.1. The third kappa shape index (κ3) is 2.14. The predicted molar refractivity (Wildman–Crippen MR) is 78.6 cm³/mol. The van der Waals surface area contributed by atoms with Crippen molar-refractivity contribution in [3.63, 3.8) is 0 Å². The van der Waals surface area contributed by atoms with E-state index in [1.807, 2.05) is 30.3 Å². The van der Waals surface area contributed by atoms with E-state index in [9.17, 15) is 0 Å². The van der Waals surface area contributed by atoms with E-state index in [0.29, 0.717) is 0 Å². The van der Waals surface area contributed by atoms with Gasteiger partial charge in [0.2, 0.25) is 0 Å². The van der Waals surface area contributed by atoms with E-state index in [1.165, 1.54) is 0 Å². The second kappa shape index (κ2) is 4.82. The highest BCUT2D eigenvalue weighted by Gasteiger charge is 2.29. The predicted octanol–water partition coefficient (Wildman–Crippen LogP) is 3.22. The molecule has 0 aromatic heterocycles. The van der Waals surface area contributed by atoms with Gasteiger partial charge in [0.25, 0.3) is 0 Å². The summed E-state index contributed by atoms with van der Waals surface area (Å²) in [4.78, 5) is 0.819. The largest absolute Gasteiger partial charge is 0.497 e. The molecular weight excluding hydrogens is 256 g/mol. The van der Waals surface area contributed by atoms with Gasteiger partial charge in [-0.3, -0.25) is 0 Å². The molecule has 1 radical (unpaired) electrons. The number of rotatable bonds is 2. The number of hydrogen-bond donors (Lipinski definition) is 2. The molecule has 1 aromatic carbocycles. The van der Waals surface area contributed by atoms with Gasteiger partial charge in [0.1, 0.15) is 5.75 Å². The van der Waals surface area contributed by atoms with Crippen LogP contribution in [0.3, 0.4) is 0 Å². The molecule has 0 heterocycles. The molecule has 1 aliphatic carbocycles. The van der Waals surface area contributed by atoms with Gasteiger partial charge in [-0.15, -0.1) is 0 Å². The van der Waals surface area contributed by atoms with Crippen LogP contribution in [0.2, 0.25) is 0 Å². The molecule has 0 saturated heterocycles. The van der Waals surface area contributed by atoms with Crippen molar-refractivity contribution in [1.29, 1.82) is 0 Å². The van der Waals surface area contributed by atoms with Crippen LogP contribution in [0.15, 0.2) is 30.3 Å². The molecule has 1 nitrogen and oxygen atoms in total. The molecule has 4 heteroatoms. The average molecular weight is 267 g/mol. The molecule has 16 heavy (non-hydrogen) atoms. The van der Waals surface area contributed by atoms with Crippen LogP contribution in [0.1, 0.15) is 5.56 Å². The molecule has 1 aliphatic rings. The van der Waals surface area contributed by atoms with Crippen molar-refractivity contribution in [2.75, 3.05) is 7.11 Å². The highest BCUT2D eigenvalue weighted by molar-refractivity contribution is 7.90. The third-order valence-electron chi connectivity index (χ3n) is 2.49. The topological polar surface area (TPSA) is 9.23 Å². The number of methoxy groups -OCH3 is 1. The Labute approximate surface area is 112 Å². The Bertz CT molecular complexity index is 436. The molecule has 0 amide bonds. The standard InChI is InChI=1S/C12H11OS3/c1-13-8-4-2-7(3-5-8)9-6-10(14)12(16)11(9)15/h2-6,12,15-16H,1H3. The van der Waals surface area contributed by atoms with E-state index in [2.05, 4.69) is 25.3 Å². The Morgan fingerprint density at radius 1 is 1.25 bits per heavy atom. The van der Waals surface area contributed by atoms with Gasteiger partial charge in [-0.25, -0.2) is 0 Å². The molecule has 2 rings (SSSR count). The first kappa shape index (κ1) is 12.0. The van der Waals surface area contributed by atoms with E-state index < -0.39 is 0 Å². The van der Waals surface area contributed by atoms with Crippen LogP contribution in [0.4, 0.5) is 0 Å². The molecule has 1 unspecified atom stereocenters. The van der Waals surface area contributed by atoms with Crippen LogP contribution in [-0.4, -0.2) is 17.2 Å². The maximum absolute atomic E-state index is 5.20. The molecule has 0 aliphatic heterocycles. The minimum Gasteiger partial charge on any atom is -0.497 e. The lowest BCUT2D eigenvalue weighted by molar-refractivity contribution is 0.415. The van der Waals surface area contributed by atoms with Gasteiger partial charge in [0.05, 0.1) is 17.6 Å². The fourth-order valence-electron chi connectivity index (χ4n) is 1.58. The SMILES string of the molecule is COc1ccc(C2=CC(=S)C(S)[C]2S)cc1. The van der Waals surface area contributed by atoms with Gasteiger partial charge >= 0.3 is 0 Å². The van der Waals surface area contributed by atoms with Crippen molar-refractivity contribution in [3.05, 3.63) is 41.2 Å². The average Bonchev–Trinajstić information content (AvgIpc) is 2.57. The van der Waals surface area contributed by atoms with E-state index in [4.69, 9.17) is 17.0 Å². The number of thiocarbonyl (C=S) groups is 1. The fraction of sp³-hybridized carbons (Fsp3) is 0.167. The Kier molecular flexibility index (Phi) is 3.62. The van der Waals surface area contributed by atoms with Gasteiger partial charge in [0, 0.05) is 4.86 Å². The smallest absolute Gasteiger partial charge is 0.118 e. The summed E-state index contributed by atoms with van der Waals surface area (Å²) in [5, 5.41) is 0.869. The second-order valence-electron chi connectivity index (χ2n) is 3.48. The van der Waals surface area contributed by atoms with Crippen molar-refractivity contribution in [2.45, 2.75) is 5.25 Å². The Balaban J connectivity index is 2.31. The van der Waals surface area contributed by atoms with Crippen LogP contribution >= 0.6 is 37.5 Å². The Hall–Kier alpha value is -0.450. The number of benzene rings is 1. The molecule has 0 bridgehead atoms. The maximum atomic E-state index is 5.20. The summed E-state index contributed by atoms with van der Waals surface area (Å²) in [6.07, 6.45) is 1.96. The van der Waals surface area contributed by atoms with Crippen LogP contribution in [0.25, 0.3) is 5.57 Å². The zero-order chi connectivity index (χ0) is 11.7. The third-order valence-corrected chi connectivity index (χ3v) is 4.26. The highest BCUT2D eigenvalue weighted by Crippen LogP contribution is 2.40. The van der Waals surface area contributed by atoms with E-state index in [-0.39, 0.29) is 5.25 Å². The maximum Gasteiger partial charge on any atom is 0.118 e. The van der Waals surface area contributed by atoms with Crippen molar-refractivity contribution in [3.8, 4) is 5.75 Å². The molecule has 0 N–H and O–H groups in total. The van der Waals surface area contributed by atoms with Crippen molar-refractivity contribution in [2.24, 2.45) is 0 Å². The number of allylic oxidation sites excluding steroid dienone is 1. The van der Waals surface area contributed by atoms with Crippen LogP contribution in [-0.2, 0) is 0 Å². The number of ether oxygens (including phenoxy) is 1. The van der Waals surface area contributed by atoms with E-state index in [0.717, 1.165) is 27.0 Å². The molecule has 83 valence electrons. The van der Waals surface area contributed by atoms with Crippen LogP contribution in [0.5, 0.6) is 5.75 Å². The molecule has 0 fully saturated rings. The summed E-state index contributed by atoms with van der Waals surface area (Å²) >= 11 is 14.1. The minimum absolute atomic E-state index is 0.0459. The lowest BCUT2D eigenvalue weighted by atomic mass is 10.1. The van der Waals surface area contributed by atoms with E-state index in [1.54, 1.807) is 7.11 Å². The van der Waals surface area contributed by atoms with Gasteiger partial charge in [-0.2, -0.15) is 25.3 Å². The lowest BCUT2D eigenvalue weighted by Crippen LogP contribution is -2.08. The first-order valence-electron chi connectivity index (χ1n) is 4.77. The van der Waals surface area contributed by atoms with Gasteiger partial charge < -0.3 is 4.74 Å². The number of hydrogen-bond acceptors (Lipinski definition) is 4.